The number of amides is 1. The smallest absolute Gasteiger partial charge is 0.407 e. The third kappa shape index (κ3) is 9.22. The quantitative estimate of drug-likeness (QED) is 0.401. The predicted octanol–water partition coefficient (Wildman–Crippen LogP) is 2.82. The van der Waals surface area contributed by atoms with E-state index >= 15 is 0 Å². The number of hydrogen-bond acceptors (Lipinski definition) is 3. The van der Waals surface area contributed by atoms with E-state index in [1.807, 2.05) is 20.8 Å². The SMILES string of the molecule is CN=C(NCCC(C)C)N1CCC(NC(=O)OC(C)(C)C)C1.I. The van der Waals surface area contributed by atoms with Crippen LogP contribution >= 0.6 is 24.0 Å². The lowest BCUT2D eigenvalue weighted by atomic mass is 10.1. The zero-order valence-corrected chi connectivity index (χ0v) is 17.6. The fraction of sp³-hybridized carbons (Fsp3) is 0.875. The first-order valence-electron chi connectivity index (χ1n) is 8.16. The highest BCUT2D eigenvalue weighted by atomic mass is 127. The maximum atomic E-state index is 11.8. The van der Waals surface area contributed by atoms with Crippen molar-refractivity contribution < 1.29 is 9.53 Å². The number of carbonyl (C=O) groups is 1. The first kappa shape index (κ1) is 22.3. The molecule has 1 atom stereocenters. The van der Waals surface area contributed by atoms with Gasteiger partial charge in [0.25, 0.3) is 0 Å². The highest BCUT2D eigenvalue weighted by Crippen LogP contribution is 2.12. The zero-order valence-electron chi connectivity index (χ0n) is 15.3. The summed E-state index contributed by atoms with van der Waals surface area (Å²) in [4.78, 5) is 18.3. The maximum Gasteiger partial charge on any atom is 0.407 e. The van der Waals surface area contributed by atoms with Crippen LogP contribution in [-0.2, 0) is 4.74 Å². The monoisotopic (exact) mass is 440 g/mol. The average Bonchev–Trinajstić information content (AvgIpc) is 2.80. The average molecular weight is 440 g/mol. The van der Waals surface area contributed by atoms with Gasteiger partial charge in [0.2, 0.25) is 0 Å². The van der Waals surface area contributed by atoms with Crippen LogP contribution in [0.15, 0.2) is 4.99 Å². The lowest BCUT2D eigenvalue weighted by Crippen LogP contribution is -2.44. The summed E-state index contributed by atoms with van der Waals surface area (Å²) in [6.07, 6.45) is 1.68. The van der Waals surface area contributed by atoms with Crippen LogP contribution in [0.25, 0.3) is 0 Å². The van der Waals surface area contributed by atoms with Gasteiger partial charge in [-0.1, -0.05) is 13.8 Å². The van der Waals surface area contributed by atoms with Gasteiger partial charge in [-0.15, -0.1) is 24.0 Å². The number of guanidine groups is 1. The van der Waals surface area contributed by atoms with Gasteiger partial charge in [0.05, 0.1) is 6.04 Å². The summed E-state index contributed by atoms with van der Waals surface area (Å²) in [6.45, 7) is 12.6. The molecule has 136 valence electrons. The number of alkyl carbamates (subject to hydrolysis) is 1. The second-order valence-corrected chi connectivity index (χ2v) is 7.23. The third-order valence-electron chi connectivity index (χ3n) is 3.43. The van der Waals surface area contributed by atoms with Crippen LogP contribution in [0.4, 0.5) is 4.79 Å². The standard InChI is InChI=1S/C16H32N4O2.HI/c1-12(2)7-9-18-14(17-6)20-10-8-13(11-20)19-15(21)22-16(3,4)5;/h12-13H,7-11H2,1-6H3,(H,17,18)(H,19,21);1H. The van der Waals surface area contributed by atoms with Crippen molar-refractivity contribution in [2.45, 2.75) is 59.1 Å². The normalized spacial score (nSPS) is 18.7. The Labute approximate surface area is 157 Å². The van der Waals surface area contributed by atoms with E-state index < -0.39 is 5.60 Å². The summed E-state index contributed by atoms with van der Waals surface area (Å²) in [5, 5.41) is 6.32. The van der Waals surface area contributed by atoms with Gasteiger partial charge in [-0.25, -0.2) is 4.79 Å². The number of rotatable bonds is 4. The van der Waals surface area contributed by atoms with Crippen molar-refractivity contribution in [3.63, 3.8) is 0 Å². The molecule has 1 aliphatic heterocycles. The molecule has 1 fully saturated rings. The minimum absolute atomic E-state index is 0. The molecule has 1 aliphatic rings. The van der Waals surface area contributed by atoms with E-state index in [2.05, 4.69) is 34.4 Å². The molecule has 0 spiro atoms. The zero-order chi connectivity index (χ0) is 16.8. The number of nitrogens with zero attached hydrogens (tertiary/aromatic N) is 2. The van der Waals surface area contributed by atoms with Crippen molar-refractivity contribution in [2.75, 3.05) is 26.7 Å². The Bertz CT molecular complexity index is 394. The second-order valence-electron chi connectivity index (χ2n) is 7.23. The van der Waals surface area contributed by atoms with Gasteiger partial charge in [0.15, 0.2) is 5.96 Å². The van der Waals surface area contributed by atoms with Gasteiger partial charge < -0.3 is 20.3 Å². The van der Waals surface area contributed by atoms with E-state index in [4.69, 9.17) is 4.74 Å². The Morgan fingerprint density at radius 1 is 1.39 bits per heavy atom. The fourth-order valence-corrected chi connectivity index (χ4v) is 2.35. The van der Waals surface area contributed by atoms with Crippen LogP contribution in [0.2, 0.25) is 0 Å². The predicted molar refractivity (Wildman–Crippen MR) is 106 cm³/mol. The molecule has 1 saturated heterocycles. The first-order valence-corrected chi connectivity index (χ1v) is 8.16. The lowest BCUT2D eigenvalue weighted by molar-refractivity contribution is 0.0507. The third-order valence-corrected chi connectivity index (χ3v) is 3.43. The van der Waals surface area contributed by atoms with E-state index in [0.29, 0.717) is 5.92 Å². The molecule has 23 heavy (non-hydrogen) atoms. The van der Waals surface area contributed by atoms with E-state index in [0.717, 1.165) is 38.4 Å². The number of likely N-dealkylation sites (tertiary alicyclic amines) is 1. The maximum absolute atomic E-state index is 11.8. The van der Waals surface area contributed by atoms with Gasteiger partial charge in [0.1, 0.15) is 5.60 Å². The Morgan fingerprint density at radius 2 is 2.04 bits per heavy atom. The van der Waals surface area contributed by atoms with Crippen molar-refractivity contribution in [1.29, 1.82) is 0 Å². The number of nitrogens with one attached hydrogen (secondary N) is 2. The molecule has 0 aromatic carbocycles. The summed E-state index contributed by atoms with van der Waals surface area (Å²) in [6, 6.07) is 0.110. The minimum Gasteiger partial charge on any atom is -0.444 e. The molecule has 0 radical (unpaired) electrons. The molecule has 0 aromatic rings. The summed E-state index contributed by atoms with van der Waals surface area (Å²) >= 11 is 0. The molecule has 2 N–H and O–H groups in total. The van der Waals surface area contributed by atoms with E-state index in [-0.39, 0.29) is 36.1 Å². The van der Waals surface area contributed by atoms with Crippen molar-refractivity contribution in [1.82, 2.24) is 15.5 Å². The number of ether oxygens (including phenoxy) is 1. The summed E-state index contributed by atoms with van der Waals surface area (Å²) in [5.41, 5.74) is -0.461. The van der Waals surface area contributed by atoms with Crippen LogP contribution in [0, 0.1) is 5.92 Å². The number of aliphatic imine (C=N–C) groups is 1. The van der Waals surface area contributed by atoms with E-state index in [9.17, 15) is 4.79 Å². The van der Waals surface area contributed by atoms with Gasteiger partial charge in [-0.2, -0.15) is 0 Å². The van der Waals surface area contributed by atoms with Crippen molar-refractivity contribution in [2.24, 2.45) is 10.9 Å². The molecule has 1 amide bonds. The van der Waals surface area contributed by atoms with Gasteiger partial charge in [-0.05, 0) is 39.5 Å². The van der Waals surface area contributed by atoms with Gasteiger partial charge in [-0.3, -0.25) is 4.99 Å². The number of halogens is 1. The molecule has 0 aliphatic carbocycles. The van der Waals surface area contributed by atoms with Gasteiger partial charge in [0, 0.05) is 26.7 Å². The van der Waals surface area contributed by atoms with Crippen LogP contribution < -0.4 is 10.6 Å². The second kappa shape index (κ2) is 10.2. The fourth-order valence-electron chi connectivity index (χ4n) is 2.35. The van der Waals surface area contributed by atoms with Crippen molar-refractivity contribution in [3.05, 3.63) is 0 Å². The highest BCUT2D eigenvalue weighted by Gasteiger charge is 2.27. The molecular formula is C16H33IN4O2. The molecule has 1 heterocycles. The Hall–Kier alpha value is -0.730. The molecule has 1 rings (SSSR count). The van der Waals surface area contributed by atoms with Crippen LogP contribution in [0.1, 0.15) is 47.5 Å². The molecular weight excluding hydrogens is 407 g/mol. The largest absolute Gasteiger partial charge is 0.444 e. The molecule has 7 heteroatoms. The molecule has 0 bridgehead atoms. The molecule has 6 nitrogen and oxygen atoms in total. The molecule has 0 aromatic heterocycles. The molecule has 0 saturated carbocycles. The number of carbonyl (C=O) groups excluding carboxylic acids is 1. The highest BCUT2D eigenvalue weighted by molar-refractivity contribution is 14.0. The summed E-state index contributed by atoms with van der Waals surface area (Å²) in [5.74, 6) is 1.58. The van der Waals surface area contributed by atoms with Gasteiger partial charge >= 0.3 is 6.09 Å². The lowest BCUT2D eigenvalue weighted by Gasteiger charge is -2.23. The van der Waals surface area contributed by atoms with Crippen molar-refractivity contribution in [3.8, 4) is 0 Å². The van der Waals surface area contributed by atoms with Crippen LogP contribution in [0.3, 0.4) is 0 Å². The Morgan fingerprint density at radius 3 is 2.57 bits per heavy atom. The van der Waals surface area contributed by atoms with E-state index in [1.54, 1.807) is 7.05 Å². The first-order chi connectivity index (χ1) is 10.2. The van der Waals surface area contributed by atoms with E-state index in [1.165, 1.54) is 0 Å². The van der Waals surface area contributed by atoms with Crippen LogP contribution in [-0.4, -0.2) is 55.3 Å². The Kier molecular flexibility index (Phi) is 9.88. The Balaban J connectivity index is 0.00000484. The van der Waals surface area contributed by atoms with Crippen LogP contribution in [0.5, 0.6) is 0 Å². The topological polar surface area (TPSA) is 66.0 Å². The number of hydrogen-bond donors (Lipinski definition) is 2. The summed E-state index contributed by atoms with van der Waals surface area (Å²) < 4.78 is 5.30. The van der Waals surface area contributed by atoms with Crippen molar-refractivity contribution >= 4 is 36.0 Å². The summed E-state index contributed by atoms with van der Waals surface area (Å²) in [7, 11) is 1.80. The minimum atomic E-state index is -0.461. The molecule has 1 unspecified atom stereocenters.